The minimum Gasteiger partial charge on any atom is -0.494 e. The third-order valence-corrected chi connectivity index (χ3v) is 4.63. The minimum absolute atomic E-state index is 0.117. The number of amides is 1. The smallest absolute Gasteiger partial charge is 0.257 e. The Morgan fingerprint density at radius 1 is 1.40 bits per heavy atom. The Morgan fingerprint density at radius 2 is 2.16 bits per heavy atom. The van der Waals surface area contributed by atoms with E-state index in [0.717, 1.165) is 38.1 Å². The SMILES string of the molecule is CCC[C@H]1CN(CCCO)C[C@@H]1NC(=O)c1c(F)ccc(OC)c1F. The van der Waals surface area contributed by atoms with Crippen LogP contribution in [0.3, 0.4) is 0 Å². The Kier molecular flexibility index (Phi) is 7.13. The number of rotatable bonds is 8. The van der Waals surface area contributed by atoms with E-state index in [1.807, 2.05) is 0 Å². The number of nitrogens with zero attached hydrogens (tertiary/aromatic N) is 1. The summed E-state index contributed by atoms with van der Waals surface area (Å²) in [5.74, 6) is -2.58. The second-order valence-electron chi connectivity index (χ2n) is 6.40. The minimum atomic E-state index is -0.984. The molecular formula is C18H26F2N2O3. The van der Waals surface area contributed by atoms with Crippen molar-refractivity contribution in [1.29, 1.82) is 0 Å². The van der Waals surface area contributed by atoms with Crippen LogP contribution < -0.4 is 10.1 Å². The molecule has 1 heterocycles. The summed E-state index contributed by atoms with van der Waals surface area (Å²) in [5, 5.41) is 11.8. The first-order valence-corrected chi connectivity index (χ1v) is 8.67. The van der Waals surface area contributed by atoms with Gasteiger partial charge in [-0.2, -0.15) is 0 Å². The van der Waals surface area contributed by atoms with Crippen LogP contribution in [0, 0.1) is 17.6 Å². The molecule has 0 bridgehead atoms. The lowest BCUT2D eigenvalue weighted by Gasteiger charge is -2.20. The van der Waals surface area contributed by atoms with Crippen molar-refractivity contribution in [3.05, 3.63) is 29.3 Å². The molecule has 5 nitrogen and oxygen atoms in total. The first-order valence-electron chi connectivity index (χ1n) is 8.67. The molecule has 2 atom stereocenters. The summed E-state index contributed by atoms with van der Waals surface area (Å²) in [6.07, 6.45) is 2.55. The van der Waals surface area contributed by atoms with E-state index in [4.69, 9.17) is 9.84 Å². The Balaban J connectivity index is 2.13. The van der Waals surface area contributed by atoms with Gasteiger partial charge in [0.1, 0.15) is 11.4 Å². The molecule has 1 amide bonds. The molecule has 1 aromatic rings. The summed E-state index contributed by atoms with van der Waals surface area (Å²) in [5.41, 5.74) is -0.608. The van der Waals surface area contributed by atoms with Gasteiger partial charge in [0.25, 0.3) is 5.91 Å². The van der Waals surface area contributed by atoms with E-state index in [0.29, 0.717) is 13.0 Å². The van der Waals surface area contributed by atoms with E-state index in [1.165, 1.54) is 7.11 Å². The van der Waals surface area contributed by atoms with E-state index in [9.17, 15) is 13.6 Å². The second kappa shape index (κ2) is 9.10. The summed E-state index contributed by atoms with van der Waals surface area (Å²) in [6.45, 7) is 4.35. The van der Waals surface area contributed by atoms with Gasteiger partial charge in [-0.15, -0.1) is 0 Å². The molecule has 2 N–H and O–H groups in total. The van der Waals surface area contributed by atoms with Crippen molar-refractivity contribution >= 4 is 5.91 Å². The van der Waals surface area contributed by atoms with E-state index < -0.39 is 23.1 Å². The maximum Gasteiger partial charge on any atom is 0.257 e. The van der Waals surface area contributed by atoms with Crippen LogP contribution in [0.5, 0.6) is 5.75 Å². The largest absolute Gasteiger partial charge is 0.494 e. The molecule has 1 aliphatic heterocycles. The van der Waals surface area contributed by atoms with Gasteiger partial charge in [-0.05, 0) is 30.9 Å². The number of hydrogen-bond acceptors (Lipinski definition) is 4. The number of ether oxygens (including phenoxy) is 1. The number of carbonyl (C=O) groups is 1. The molecule has 25 heavy (non-hydrogen) atoms. The molecule has 0 aliphatic carbocycles. The molecule has 0 saturated carbocycles. The number of hydrogen-bond donors (Lipinski definition) is 2. The zero-order valence-corrected chi connectivity index (χ0v) is 14.7. The van der Waals surface area contributed by atoms with E-state index in [-0.39, 0.29) is 24.3 Å². The monoisotopic (exact) mass is 356 g/mol. The number of aliphatic hydroxyl groups is 1. The van der Waals surface area contributed by atoms with Crippen LogP contribution in [0.25, 0.3) is 0 Å². The Bertz CT molecular complexity index is 598. The van der Waals surface area contributed by atoms with Gasteiger partial charge >= 0.3 is 0 Å². The molecule has 1 fully saturated rings. The van der Waals surface area contributed by atoms with Crippen molar-refractivity contribution < 1.29 is 23.4 Å². The number of halogens is 2. The maximum absolute atomic E-state index is 14.3. The summed E-state index contributed by atoms with van der Waals surface area (Å²) >= 11 is 0. The van der Waals surface area contributed by atoms with Gasteiger partial charge in [0.15, 0.2) is 11.6 Å². The van der Waals surface area contributed by atoms with Gasteiger partial charge in [0.2, 0.25) is 0 Å². The Morgan fingerprint density at radius 3 is 2.80 bits per heavy atom. The van der Waals surface area contributed by atoms with Gasteiger partial charge in [-0.25, -0.2) is 8.78 Å². The first kappa shape index (κ1) is 19.6. The number of carbonyl (C=O) groups excluding carboxylic acids is 1. The average molecular weight is 356 g/mol. The fraction of sp³-hybridized carbons (Fsp3) is 0.611. The van der Waals surface area contributed by atoms with Crippen molar-refractivity contribution in [1.82, 2.24) is 10.2 Å². The fourth-order valence-corrected chi connectivity index (χ4v) is 3.40. The number of nitrogens with one attached hydrogen (secondary N) is 1. The lowest BCUT2D eigenvalue weighted by molar-refractivity contribution is 0.0919. The number of aliphatic hydroxyl groups excluding tert-OH is 1. The number of methoxy groups -OCH3 is 1. The van der Waals surface area contributed by atoms with Gasteiger partial charge in [-0.3, -0.25) is 4.79 Å². The zero-order chi connectivity index (χ0) is 18.4. The predicted molar refractivity (Wildman–Crippen MR) is 90.7 cm³/mol. The van der Waals surface area contributed by atoms with Crippen molar-refractivity contribution in [3.8, 4) is 5.75 Å². The first-order chi connectivity index (χ1) is 12.0. The van der Waals surface area contributed by atoms with Crippen LogP contribution in [0.2, 0.25) is 0 Å². The summed E-state index contributed by atoms with van der Waals surface area (Å²) in [7, 11) is 1.27. The molecular weight excluding hydrogens is 330 g/mol. The molecule has 0 aromatic heterocycles. The lowest BCUT2D eigenvalue weighted by atomic mass is 9.98. The molecule has 2 rings (SSSR count). The topological polar surface area (TPSA) is 61.8 Å². The molecule has 1 saturated heterocycles. The van der Waals surface area contributed by atoms with Gasteiger partial charge in [0.05, 0.1) is 7.11 Å². The summed E-state index contributed by atoms with van der Waals surface area (Å²) in [4.78, 5) is 14.6. The van der Waals surface area contributed by atoms with E-state index in [1.54, 1.807) is 0 Å². The van der Waals surface area contributed by atoms with Crippen molar-refractivity contribution in [3.63, 3.8) is 0 Å². The Hall–Kier alpha value is -1.73. The molecule has 1 aromatic carbocycles. The van der Waals surface area contributed by atoms with Crippen LogP contribution in [-0.2, 0) is 0 Å². The highest BCUT2D eigenvalue weighted by molar-refractivity contribution is 5.95. The molecule has 140 valence electrons. The second-order valence-corrected chi connectivity index (χ2v) is 6.40. The van der Waals surface area contributed by atoms with Crippen LogP contribution in [0.1, 0.15) is 36.5 Å². The molecule has 7 heteroatoms. The zero-order valence-electron chi connectivity index (χ0n) is 14.7. The highest BCUT2D eigenvalue weighted by Crippen LogP contribution is 2.25. The van der Waals surface area contributed by atoms with Gasteiger partial charge in [-0.1, -0.05) is 13.3 Å². The van der Waals surface area contributed by atoms with Crippen LogP contribution in [0.15, 0.2) is 12.1 Å². The lowest BCUT2D eigenvalue weighted by Crippen LogP contribution is -2.41. The maximum atomic E-state index is 14.3. The third-order valence-electron chi connectivity index (χ3n) is 4.63. The van der Waals surface area contributed by atoms with Gasteiger partial charge in [0, 0.05) is 32.3 Å². The van der Waals surface area contributed by atoms with E-state index in [2.05, 4.69) is 17.1 Å². The highest BCUT2D eigenvalue weighted by atomic mass is 19.1. The van der Waals surface area contributed by atoms with Crippen LogP contribution in [0.4, 0.5) is 8.78 Å². The number of likely N-dealkylation sites (tertiary alicyclic amines) is 1. The fourth-order valence-electron chi connectivity index (χ4n) is 3.40. The molecule has 0 spiro atoms. The van der Waals surface area contributed by atoms with Crippen molar-refractivity contribution in [2.24, 2.45) is 5.92 Å². The quantitative estimate of drug-likeness (QED) is 0.750. The third kappa shape index (κ3) is 4.67. The van der Waals surface area contributed by atoms with Crippen molar-refractivity contribution in [2.45, 2.75) is 32.2 Å². The highest BCUT2D eigenvalue weighted by Gasteiger charge is 2.34. The van der Waals surface area contributed by atoms with Crippen molar-refractivity contribution in [2.75, 3.05) is 33.4 Å². The standard InChI is InChI=1S/C18H26F2N2O3/c1-3-5-12-10-22(8-4-9-23)11-14(12)21-18(24)16-13(19)6-7-15(25-2)17(16)20/h6-7,12,14,23H,3-5,8-11H2,1-2H3,(H,21,24)/t12-,14-/m0/s1. The van der Waals surface area contributed by atoms with Gasteiger partial charge < -0.3 is 20.1 Å². The molecule has 0 radical (unpaired) electrons. The predicted octanol–water partition coefficient (Wildman–Crippen LogP) is 2.19. The molecule has 0 unspecified atom stereocenters. The number of benzene rings is 1. The Labute approximate surface area is 147 Å². The molecule has 1 aliphatic rings. The van der Waals surface area contributed by atoms with Crippen LogP contribution >= 0.6 is 0 Å². The van der Waals surface area contributed by atoms with E-state index >= 15 is 0 Å². The summed E-state index contributed by atoms with van der Waals surface area (Å²) in [6, 6.07) is 2.02. The van der Waals surface area contributed by atoms with Crippen LogP contribution in [-0.4, -0.2) is 55.3 Å². The average Bonchev–Trinajstić information content (AvgIpc) is 2.95. The normalized spacial score (nSPS) is 20.7. The summed E-state index contributed by atoms with van der Waals surface area (Å²) < 4.78 is 33.1.